The van der Waals surface area contributed by atoms with Crippen molar-refractivity contribution in [1.82, 2.24) is 10.2 Å². The van der Waals surface area contributed by atoms with Gasteiger partial charge in [0.2, 0.25) is 0 Å². The van der Waals surface area contributed by atoms with Gasteiger partial charge in [0.05, 0.1) is 5.56 Å². The van der Waals surface area contributed by atoms with Crippen molar-refractivity contribution in [2.75, 3.05) is 6.54 Å². The van der Waals surface area contributed by atoms with E-state index < -0.39 is 5.97 Å². The molecule has 0 atom stereocenters. The standard InChI is InChI=1S/C15H16N2O3S/c1-2-3-8-17-13(18)12(16-15(17)21)9-10-4-6-11(7-5-10)14(19)20/h4-7,9H,2-3,8H2,1H3,(H,16,21)(H,19,20)/b12-9-. The van der Waals surface area contributed by atoms with Crippen LogP contribution in [0.5, 0.6) is 0 Å². The van der Waals surface area contributed by atoms with Crippen LogP contribution in [0.15, 0.2) is 30.0 Å². The molecule has 1 aliphatic heterocycles. The molecule has 0 aromatic heterocycles. The Bertz CT molecular complexity index is 608. The van der Waals surface area contributed by atoms with Crippen molar-refractivity contribution in [3.63, 3.8) is 0 Å². The summed E-state index contributed by atoms with van der Waals surface area (Å²) in [7, 11) is 0. The number of hydrogen-bond acceptors (Lipinski definition) is 3. The summed E-state index contributed by atoms with van der Waals surface area (Å²) in [5.41, 5.74) is 1.37. The number of carbonyl (C=O) groups excluding carboxylic acids is 1. The van der Waals surface area contributed by atoms with Crippen LogP contribution >= 0.6 is 12.2 Å². The zero-order valence-corrected chi connectivity index (χ0v) is 12.4. The van der Waals surface area contributed by atoms with Gasteiger partial charge in [0.15, 0.2) is 5.11 Å². The van der Waals surface area contributed by atoms with Crippen molar-refractivity contribution in [1.29, 1.82) is 0 Å². The normalized spacial score (nSPS) is 16.4. The molecule has 1 aromatic carbocycles. The maximum absolute atomic E-state index is 12.2. The van der Waals surface area contributed by atoms with Gasteiger partial charge in [-0.15, -0.1) is 0 Å². The fourth-order valence-corrected chi connectivity index (χ4v) is 2.26. The molecule has 0 radical (unpaired) electrons. The summed E-state index contributed by atoms with van der Waals surface area (Å²) >= 11 is 5.15. The third-order valence-electron chi connectivity index (χ3n) is 3.17. The van der Waals surface area contributed by atoms with Crippen LogP contribution in [0.25, 0.3) is 6.08 Å². The Hall–Kier alpha value is -2.21. The highest BCUT2D eigenvalue weighted by Crippen LogP contribution is 2.15. The van der Waals surface area contributed by atoms with Crippen molar-refractivity contribution >= 4 is 35.3 Å². The Morgan fingerprint density at radius 2 is 2.05 bits per heavy atom. The van der Waals surface area contributed by atoms with Crippen LogP contribution in [0.1, 0.15) is 35.7 Å². The van der Waals surface area contributed by atoms with Crippen LogP contribution < -0.4 is 5.32 Å². The summed E-state index contributed by atoms with van der Waals surface area (Å²) in [4.78, 5) is 24.6. The number of carboxylic acid groups (broad SMARTS) is 1. The molecule has 2 rings (SSSR count). The van der Waals surface area contributed by atoms with Gasteiger partial charge < -0.3 is 10.4 Å². The van der Waals surface area contributed by atoms with Gasteiger partial charge >= 0.3 is 5.97 Å². The summed E-state index contributed by atoms with van der Waals surface area (Å²) in [6.45, 7) is 2.66. The number of rotatable bonds is 5. The van der Waals surface area contributed by atoms with E-state index in [4.69, 9.17) is 17.3 Å². The highest BCUT2D eigenvalue weighted by atomic mass is 32.1. The minimum atomic E-state index is -0.976. The molecule has 0 spiro atoms. The maximum Gasteiger partial charge on any atom is 0.335 e. The summed E-state index contributed by atoms with van der Waals surface area (Å²) in [5.74, 6) is -1.12. The highest BCUT2D eigenvalue weighted by molar-refractivity contribution is 7.80. The number of unbranched alkanes of at least 4 members (excludes halogenated alkanes) is 1. The summed E-state index contributed by atoms with van der Waals surface area (Å²) in [6.07, 6.45) is 3.56. The molecular formula is C15H16N2O3S. The fraction of sp³-hybridized carbons (Fsp3) is 0.267. The average molecular weight is 304 g/mol. The number of hydrogen-bond donors (Lipinski definition) is 2. The van der Waals surface area contributed by atoms with E-state index in [9.17, 15) is 9.59 Å². The molecule has 21 heavy (non-hydrogen) atoms. The topological polar surface area (TPSA) is 69.6 Å². The molecule has 1 heterocycles. The lowest BCUT2D eigenvalue weighted by Gasteiger charge is -2.12. The lowest BCUT2D eigenvalue weighted by molar-refractivity contribution is -0.122. The van der Waals surface area contributed by atoms with Crippen LogP contribution in [0.2, 0.25) is 0 Å². The van der Waals surface area contributed by atoms with Crippen molar-refractivity contribution in [3.05, 3.63) is 41.1 Å². The number of amides is 1. The lowest BCUT2D eigenvalue weighted by Crippen LogP contribution is -2.31. The molecule has 1 saturated heterocycles. The first kappa shape index (κ1) is 15.2. The number of carbonyl (C=O) groups is 2. The summed E-state index contributed by atoms with van der Waals surface area (Å²) < 4.78 is 0. The first-order valence-electron chi connectivity index (χ1n) is 6.71. The van der Waals surface area contributed by atoms with Gasteiger partial charge in [0, 0.05) is 6.54 Å². The molecule has 110 valence electrons. The Kier molecular flexibility index (Phi) is 4.70. The molecule has 0 bridgehead atoms. The zero-order chi connectivity index (χ0) is 15.4. The molecular weight excluding hydrogens is 288 g/mol. The van der Waals surface area contributed by atoms with Crippen molar-refractivity contribution in [2.45, 2.75) is 19.8 Å². The molecule has 0 unspecified atom stereocenters. The number of thiocarbonyl (C=S) groups is 1. The first-order chi connectivity index (χ1) is 10.0. The van der Waals surface area contributed by atoms with Gasteiger partial charge in [-0.2, -0.15) is 0 Å². The SMILES string of the molecule is CCCCN1C(=O)/C(=C/c2ccc(C(=O)O)cc2)NC1=S. The van der Waals surface area contributed by atoms with Gasteiger partial charge in [-0.25, -0.2) is 4.79 Å². The second-order valence-corrected chi connectivity index (χ2v) is 5.11. The van der Waals surface area contributed by atoms with Gasteiger partial charge in [-0.1, -0.05) is 25.5 Å². The number of nitrogens with one attached hydrogen (secondary N) is 1. The minimum Gasteiger partial charge on any atom is -0.478 e. The van der Waals surface area contributed by atoms with Crippen LogP contribution in [0, 0.1) is 0 Å². The molecule has 1 aromatic rings. The second-order valence-electron chi connectivity index (χ2n) is 4.73. The summed E-state index contributed by atoms with van der Waals surface area (Å²) in [5, 5.41) is 12.2. The largest absolute Gasteiger partial charge is 0.478 e. The molecule has 0 aliphatic carbocycles. The molecule has 1 amide bonds. The fourth-order valence-electron chi connectivity index (χ4n) is 1.98. The van der Waals surface area contributed by atoms with Crippen LogP contribution in [-0.2, 0) is 4.79 Å². The maximum atomic E-state index is 12.2. The van der Waals surface area contributed by atoms with E-state index >= 15 is 0 Å². The Balaban J connectivity index is 2.16. The van der Waals surface area contributed by atoms with Crippen molar-refractivity contribution in [2.24, 2.45) is 0 Å². The molecule has 2 N–H and O–H groups in total. The van der Waals surface area contributed by atoms with E-state index in [1.807, 2.05) is 0 Å². The number of carboxylic acids is 1. The van der Waals surface area contributed by atoms with Gasteiger partial charge in [-0.3, -0.25) is 9.69 Å². The smallest absolute Gasteiger partial charge is 0.335 e. The Morgan fingerprint density at radius 3 is 2.62 bits per heavy atom. The predicted octanol–water partition coefficient (Wildman–Crippen LogP) is 2.24. The monoisotopic (exact) mass is 304 g/mol. The van der Waals surface area contributed by atoms with Crippen LogP contribution in [-0.4, -0.2) is 33.5 Å². The molecule has 1 fully saturated rings. The predicted molar refractivity (Wildman–Crippen MR) is 83.7 cm³/mol. The number of nitrogens with zero attached hydrogens (tertiary/aromatic N) is 1. The molecule has 5 nitrogen and oxygen atoms in total. The van der Waals surface area contributed by atoms with Crippen molar-refractivity contribution in [3.8, 4) is 0 Å². The summed E-state index contributed by atoms with van der Waals surface area (Å²) in [6, 6.07) is 6.31. The van der Waals surface area contributed by atoms with Crippen LogP contribution in [0.3, 0.4) is 0 Å². The minimum absolute atomic E-state index is 0.143. The third kappa shape index (κ3) is 3.46. The van der Waals surface area contributed by atoms with E-state index in [0.717, 1.165) is 18.4 Å². The van der Waals surface area contributed by atoms with Gasteiger partial charge in [0.1, 0.15) is 5.70 Å². The number of aromatic carboxylic acids is 1. The van der Waals surface area contributed by atoms with E-state index in [0.29, 0.717) is 17.4 Å². The molecule has 1 aliphatic rings. The third-order valence-corrected chi connectivity index (χ3v) is 3.49. The Morgan fingerprint density at radius 1 is 1.38 bits per heavy atom. The average Bonchev–Trinajstić information content (AvgIpc) is 2.72. The van der Waals surface area contributed by atoms with Gasteiger partial charge in [0.25, 0.3) is 5.91 Å². The van der Waals surface area contributed by atoms with Crippen molar-refractivity contribution < 1.29 is 14.7 Å². The Labute approximate surface area is 128 Å². The molecule has 0 saturated carbocycles. The zero-order valence-electron chi connectivity index (χ0n) is 11.6. The lowest BCUT2D eigenvalue weighted by atomic mass is 10.1. The van der Waals surface area contributed by atoms with E-state index in [1.54, 1.807) is 23.1 Å². The quantitative estimate of drug-likeness (QED) is 0.645. The molecule has 6 heteroatoms. The highest BCUT2D eigenvalue weighted by Gasteiger charge is 2.29. The first-order valence-corrected chi connectivity index (χ1v) is 7.11. The van der Waals surface area contributed by atoms with Crippen LogP contribution in [0.4, 0.5) is 0 Å². The van der Waals surface area contributed by atoms with E-state index in [-0.39, 0.29) is 11.5 Å². The van der Waals surface area contributed by atoms with E-state index in [1.165, 1.54) is 12.1 Å². The van der Waals surface area contributed by atoms with E-state index in [2.05, 4.69) is 12.2 Å². The van der Waals surface area contributed by atoms with Gasteiger partial charge in [-0.05, 0) is 42.4 Å². The second kappa shape index (κ2) is 6.49. The number of benzene rings is 1.